The lowest BCUT2D eigenvalue weighted by Crippen LogP contribution is -2.51. The van der Waals surface area contributed by atoms with Crippen molar-refractivity contribution in [3.05, 3.63) is 59.4 Å². The van der Waals surface area contributed by atoms with E-state index in [0.29, 0.717) is 25.1 Å². The molecule has 228 valence electrons. The van der Waals surface area contributed by atoms with Gasteiger partial charge in [0, 0.05) is 44.2 Å². The number of carbonyl (C=O) groups excluding carboxylic acids is 1. The van der Waals surface area contributed by atoms with Gasteiger partial charge in [-0.15, -0.1) is 10.8 Å². The predicted molar refractivity (Wildman–Crippen MR) is 157 cm³/mol. The Morgan fingerprint density at radius 1 is 1.15 bits per heavy atom. The molecule has 0 radical (unpaired) electrons. The number of amides is 1. The first-order chi connectivity index (χ1) is 19.5. The van der Waals surface area contributed by atoms with E-state index in [-0.39, 0.29) is 68.2 Å². The van der Waals surface area contributed by atoms with Crippen LogP contribution in [0.4, 0.5) is 24.5 Å². The average Bonchev–Trinajstić information content (AvgIpc) is 2.93. The van der Waals surface area contributed by atoms with E-state index >= 15 is 4.39 Å². The summed E-state index contributed by atoms with van der Waals surface area (Å²) < 4.78 is 65.6. The molecule has 41 heavy (non-hydrogen) atoms. The molecule has 0 bridgehead atoms. The lowest BCUT2D eigenvalue weighted by Gasteiger charge is -2.47. The normalized spacial score (nSPS) is 21.1. The summed E-state index contributed by atoms with van der Waals surface area (Å²) in [6.45, 7) is 2.65. The quantitative estimate of drug-likeness (QED) is 0.205. The van der Waals surface area contributed by atoms with Crippen LogP contribution in [0.3, 0.4) is 0 Å². The van der Waals surface area contributed by atoms with Gasteiger partial charge in [0.2, 0.25) is 5.92 Å². The predicted octanol–water partition coefficient (Wildman–Crippen LogP) is 5.39. The Bertz CT molecular complexity index is 1160. The van der Waals surface area contributed by atoms with E-state index in [1.807, 2.05) is 37.3 Å². The van der Waals surface area contributed by atoms with Gasteiger partial charge in [0.25, 0.3) is 5.91 Å². The van der Waals surface area contributed by atoms with Gasteiger partial charge in [0.05, 0.1) is 29.1 Å². The van der Waals surface area contributed by atoms with Gasteiger partial charge in [-0.05, 0) is 56.7 Å². The molecular formula is C29H41F3N4O4S. The Kier molecular flexibility index (Phi) is 10.5. The van der Waals surface area contributed by atoms with Crippen LogP contribution in [0.2, 0.25) is 0 Å². The van der Waals surface area contributed by atoms with Crippen molar-refractivity contribution in [1.29, 1.82) is 0 Å². The number of nitrogens with zero attached hydrogens (tertiary/aromatic N) is 1. The highest BCUT2D eigenvalue weighted by atomic mass is 32.3. The molecule has 8 nitrogen and oxygen atoms in total. The molecule has 2 aromatic carbocycles. The number of hydrogen-bond acceptors (Lipinski definition) is 7. The van der Waals surface area contributed by atoms with E-state index in [1.165, 1.54) is 16.4 Å². The second-order valence-corrected chi connectivity index (χ2v) is 13.0. The van der Waals surface area contributed by atoms with Crippen LogP contribution in [-0.2, 0) is 6.42 Å². The molecule has 1 aliphatic carbocycles. The van der Waals surface area contributed by atoms with Crippen LogP contribution in [0.15, 0.2) is 42.5 Å². The van der Waals surface area contributed by atoms with Crippen molar-refractivity contribution in [1.82, 2.24) is 10.6 Å². The van der Waals surface area contributed by atoms with Crippen molar-refractivity contribution in [3.63, 3.8) is 0 Å². The summed E-state index contributed by atoms with van der Waals surface area (Å²) in [6, 6.07) is 11.1. The van der Waals surface area contributed by atoms with E-state index in [2.05, 4.69) is 16.0 Å². The van der Waals surface area contributed by atoms with Crippen LogP contribution in [0, 0.1) is 5.82 Å². The molecule has 2 aliphatic rings. The highest BCUT2D eigenvalue weighted by molar-refractivity contribution is 8.25. The van der Waals surface area contributed by atoms with Crippen LogP contribution in [0.1, 0.15) is 61.4 Å². The van der Waals surface area contributed by atoms with Crippen molar-refractivity contribution in [2.75, 3.05) is 35.0 Å². The van der Waals surface area contributed by atoms with Gasteiger partial charge in [-0.1, -0.05) is 30.3 Å². The van der Waals surface area contributed by atoms with E-state index in [1.54, 1.807) is 0 Å². The molecule has 0 unspecified atom stereocenters. The highest BCUT2D eigenvalue weighted by Gasteiger charge is 2.36. The molecule has 12 heteroatoms. The zero-order valence-electron chi connectivity index (χ0n) is 23.3. The van der Waals surface area contributed by atoms with Crippen LogP contribution >= 0.6 is 10.8 Å². The van der Waals surface area contributed by atoms with Gasteiger partial charge < -0.3 is 21.1 Å². The average molecular weight is 599 g/mol. The minimum Gasteiger partial charge on any atom is -0.390 e. The lowest BCUT2D eigenvalue weighted by molar-refractivity contribution is -0.0412. The molecule has 1 aliphatic heterocycles. The monoisotopic (exact) mass is 598 g/mol. The molecule has 2 aromatic rings. The molecule has 0 aromatic heterocycles. The molecule has 1 amide bonds. The van der Waals surface area contributed by atoms with Gasteiger partial charge in [-0.25, -0.2) is 13.2 Å². The van der Waals surface area contributed by atoms with Gasteiger partial charge in [0.1, 0.15) is 0 Å². The summed E-state index contributed by atoms with van der Waals surface area (Å²) in [7, 11) is -3.24. The molecule has 6 N–H and O–H groups in total. The number of alkyl halides is 2. The van der Waals surface area contributed by atoms with Gasteiger partial charge >= 0.3 is 0 Å². The number of hydrogen-bond donors (Lipinski definition) is 6. The number of aliphatic hydroxyl groups is 1. The van der Waals surface area contributed by atoms with Crippen molar-refractivity contribution in [2.45, 2.75) is 76.0 Å². The van der Waals surface area contributed by atoms with Crippen LogP contribution in [0.5, 0.6) is 0 Å². The minimum absolute atomic E-state index is 0.0634. The zero-order chi connectivity index (χ0) is 29.6. The van der Waals surface area contributed by atoms with Gasteiger partial charge in [0.15, 0.2) is 5.82 Å². The fraction of sp³-hybridized carbons (Fsp3) is 0.552. The molecular weight excluding hydrogens is 557 g/mol. The largest absolute Gasteiger partial charge is 0.390 e. The topological polar surface area (TPSA) is 117 Å². The van der Waals surface area contributed by atoms with Crippen molar-refractivity contribution in [3.8, 4) is 0 Å². The Hall–Kier alpha value is -2.51. The smallest absolute Gasteiger partial charge is 0.254 e. The van der Waals surface area contributed by atoms with E-state index in [9.17, 15) is 27.8 Å². The first-order valence-corrected chi connectivity index (χ1v) is 15.9. The SMILES string of the molecule is CCNc1cc(C(=O)N[C@@H](Cc2ccccc2)[C@H](O)CNC2CCC(F)(F)CC2)c(F)c(N2CCCCS2(O)O)c1. The minimum atomic E-state index is -3.24. The van der Waals surface area contributed by atoms with Crippen molar-refractivity contribution in [2.24, 2.45) is 0 Å². The van der Waals surface area contributed by atoms with E-state index < -0.39 is 40.6 Å². The number of nitrogens with one attached hydrogen (secondary N) is 3. The summed E-state index contributed by atoms with van der Waals surface area (Å²) in [6.07, 6.45) is 0.581. The van der Waals surface area contributed by atoms with Crippen molar-refractivity contribution >= 4 is 28.1 Å². The lowest BCUT2D eigenvalue weighted by atomic mass is 9.92. The fourth-order valence-corrected chi connectivity index (χ4v) is 7.10. The second-order valence-electron chi connectivity index (χ2n) is 10.9. The molecule has 4 rings (SSSR count). The molecule has 1 saturated carbocycles. The highest BCUT2D eigenvalue weighted by Crippen LogP contribution is 2.51. The summed E-state index contributed by atoms with van der Waals surface area (Å²) >= 11 is 0. The number of benzene rings is 2. The Labute approximate surface area is 241 Å². The number of halogens is 3. The Morgan fingerprint density at radius 2 is 1.85 bits per heavy atom. The maximum absolute atomic E-state index is 15.9. The summed E-state index contributed by atoms with van der Waals surface area (Å²) in [4.78, 5) is 13.6. The Balaban J connectivity index is 1.56. The van der Waals surface area contributed by atoms with Crippen LogP contribution < -0.4 is 20.3 Å². The number of rotatable bonds is 11. The maximum Gasteiger partial charge on any atom is 0.254 e. The third-order valence-electron chi connectivity index (χ3n) is 7.74. The Morgan fingerprint density at radius 3 is 2.51 bits per heavy atom. The zero-order valence-corrected chi connectivity index (χ0v) is 24.1. The third-order valence-corrected chi connectivity index (χ3v) is 9.66. The summed E-state index contributed by atoms with van der Waals surface area (Å²) in [5, 5.41) is 20.2. The first kappa shape index (κ1) is 31.4. The number of carbonyl (C=O) groups is 1. The number of anilines is 2. The summed E-state index contributed by atoms with van der Waals surface area (Å²) in [5.41, 5.74) is 0.945. The molecule has 1 heterocycles. The third kappa shape index (κ3) is 8.29. The molecule has 1 saturated heterocycles. The number of aliphatic hydroxyl groups excluding tert-OH is 1. The molecule has 2 atom stereocenters. The van der Waals surface area contributed by atoms with Crippen molar-refractivity contribution < 1.29 is 32.2 Å². The second kappa shape index (κ2) is 13.6. The molecule has 0 spiro atoms. The van der Waals surface area contributed by atoms with Gasteiger partial charge in [-0.2, -0.15) is 0 Å². The fourth-order valence-electron chi connectivity index (χ4n) is 5.42. The first-order valence-electron chi connectivity index (χ1n) is 14.2. The van der Waals surface area contributed by atoms with Gasteiger partial charge in [-0.3, -0.25) is 18.2 Å². The van der Waals surface area contributed by atoms with E-state index in [0.717, 1.165) is 5.56 Å². The standard InChI is InChI=1S/C29H41F3N4O4S/c1-2-33-22-17-23(27(30)25(18-22)36-14-6-7-15-41(36,39)40)28(38)35-24(16-20-8-4-3-5-9-20)26(37)19-34-21-10-12-29(31,32)13-11-21/h3-5,8-9,17-18,21,24,26,33-34,37,39-40H,2,6-7,10-16,19H2,1H3,(H,35,38)/t24-,26+/m0/s1. The molecule has 2 fully saturated rings. The summed E-state index contributed by atoms with van der Waals surface area (Å²) in [5.74, 6) is -4.17. The van der Waals surface area contributed by atoms with E-state index in [4.69, 9.17) is 0 Å². The maximum atomic E-state index is 15.9. The van der Waals surface area contributed by atoms with Crippen LogP contribution in [0.25, 0.3) is 0 Å². The van der Waals surface area contributed by atoms with Crippen LogP contribution in [-0.4, -0.2) is 69.6 Å².